The average Bonchev–Trinajstić information content (AvgIpc) is 2.35. The van der Waals surface area contributed by atoms with Crippen molar-refractivity contribution in [2.75, 3.05) is 6.54 Å². The van der Waals surface area contributed by atoms with Crippen LogP contribution in [0.4, 0.5) is 0 Å². The summed E-state index contributed by atoms with van der Waals surface area (Å²) in [6.07, 6.45) is 9.76. The fourth-order valence-corrected chi connectivity index (χ4v) is 1.70. The Kier molecular flexibility index (Phi) is 3.53. The van der Waals surface area contributed by atoms with Gasteiger partial charge in [0.05, 0.1) is 0 Å². The average molecular weight is 210 g/mol. The molecule has 0 bridgehead atoms. The molecular weight excluding hydrogens is 196 g/mol. The minimum Gasteiger partial charge on any atom is -0.312 e. The molecular formula is C14H14N2. The maximum atomic E-state index is 5.20. The van der Waals surface area contributed by atoms with Gasteiger partial charge in [-0.15, -0.1) is 12.3 Å². The lowest BCUT2D eigenvalue weighted by Crippen LogP contribution is -2.14. The molecule has 0 saturated heterocycles. The minimum absolute atomic E-state index is 0.762. The van der Waals surface area contributed by atoms with Gasteiger partial charge < -0.3 is 5.32 Å². The van der Waals surface area contributed by atoms with E-state index in [1.165, 1.54) is 16.3 Å². The molecule has 1 N–H and O–H groups in total. The summed E-state index contributed by atoms with van der Waals surface area (Å²) in [5.74, 6) is 2.61. The lowest BCUT2D eigenvalue weighted by molar-refractivity contribution is 0.703. The van der Waals surface area contributed by atoms with Crippen LogP contribution in [-0.4, -0.2) is 11.5 Å². The summed E-state index contributed by atoms with van der Waals surface area (Å²) in [6, 6.07) is 8.27. The second kappa shape index (κ2) is 5.29. The van der Waals surface area contributed by atoms with Crippen molar-refractivity contribution in [3.63, 3.8) is 0 Å². The molecule has 0 unspecified atom stereocenters. The number of nitrogens with zero attached hydrogens (tertiary/aromatic N) is 1. The third-order valence-corrected chi connectivity index (χ3v) is 2.51. The first kappa shape index (κ1) is 10.7. The van der Waals surface area contributed by atoms with Gasteiger partial charge in [-0.1, -0.05) is 24.3 Å². The Bertz CT molecular complexity index is 506. The van der Waals surface area contributed by atoms with E-state index in [-0.39, 0.29) is 0 Å². The van der Waals surface area contributed by atoms with Crippen LogP contribution >= 0.6 is 0 Å². The zero-order valence-corrected chi connectivity index (χ0v) is 9.11. The normalized spacial score (nSPS) is 10.2. The fraction of sp³-hybridized carbons (Fsp3) is 0.214. The van der Waals surface area contributed by atoms with Gasteiger partial charge >= 0.3 is 0 Å². The summed E-state index contributed by atoms with van der Waals surface area (Å²) in [5, 5.41) is 5.75. The Hall–Kier alpha value is -1.85. The van der Waals surface area contributed by atoms with Crippen molar-refractivity contribution in [3.05, 3.63) is 42.2 Å². The number of aromatic nitrogens is 1. The highest BCUT2D eigenvalue weighted by Crippen LogP contribution is 2.16. The molecule has 0 aliphatic carbocycles. The largest absolute Gasteiger partial charge is 0.312 e. The van der Waals surface area contributed by atoms with Crippen molar-refractivity contribution in [2.24, 2.45) is 0 Å². The molecule has 0 fully saturated rings. The number of fused-ring (bicyclic) bond motifs is 1. The van der Waals surface area contributed by atoms with Crippen LogP contribution in [-0.2, 0) is 6.54 Å². The Morgan fingerprint density at radius 2 is 2.12 bits per heavy atom. The van der Waals surface area contributed by atoms with Crippen molar-refractivity contribution in [2.45, 2.75) is 13.0 Å². The van der Waals surface area contributed by atoms with Crippen LogP contribution in [0.15, 0.2) is 36.7 Å². The molecule has 1 aromatic carbocycles. The molecule has 0 aliphatic heterocycles. The highest BCUT2D eigenvalue weighted by atomic mass is 14.8. The predicted molar refractivity (Wildman–Crippen MR) is 66.9 cm³/mol. The standard InChI is InChI=1S/C14H14N2/c1-2-3-8-15-10-13-11-16-9-12-6-4-5-7-14(12)13/h1,4-7,9,11,15H,3,8,10H2. The lowest BCUT2D eigenvalue weighted by atomic mass is 10.1. The summed E-state index contributed by atoms with van der Waals surface area (Å²) < 4.78 is 0. The second-order valence-corrected chi connectivity index (χ2v) is 3.65. The van der Waals surface area contributed by atoms with E-state index >= 15 is 0 Å². The monoisotopic (exact) mass is 210 g/mol. The third-order valence-electron chi connectivity index (χ3n) is 2.51. The second-order valence-electron chi connectivity index (χ2n) is 3.65. The quantitative estimate of drug-likeness (QED) is 0.619. The summed E-state index contributed by atoms with van der Waals surface area (Å²) in [6.45, 7) is 1.66. The number of benzene rings is 1. The number of hydrogen-bond acceptors (Lipinski definition) is 2. The maximum Gasteiger partial charge on any atom is 0.0346 e. The topological polar surface area (TPSA) is 24.9 Å². The molecule has 0 aliphatic rings. The van der Waals surface area contributed by atoms with E-state index in [4.69, 9.17) is 6.42 Å². The third kappa shape index (κ3) is 2.39. The van der Waals surface area contributed by atoms with Gasteiger partial charge in [-0.2, -0.15) is 0 Å². The van der Waals surface area contributed by atoms with E-state index in [9.17, 15) is 0 Å². The summed E-state index contributed by atoms with van der Waals surface area (Å²) >= 11 is 0. The van der Waals surface area contributed by atoms with E-state index < -0.39 is 0 Å². The number of rotatable bonds is 4. The molecule has 0 radical (unpaired) electrons. The van der Waals surface area contributed by atoms with Gasteiger partial charge in [0, 0.05) is 37.3 Å². The van der Waals surface area contributed by atoms with Crippen LogP contribution in [0.1, 0.15) is 12.0 Å². The van der Waals surface area contributed by atoms with Crippen molar-refractivity contribution >= 4 is 10.8 Å². The van der Waals surface area contributed by atoms with Crippen LogP contribution in [0.2, 0.25) is 0 Å². The van der Waals surface area contributed by atoms with Crippen LogP contribution in [0.25, 0.3) is 10.8 Å². The van der Waals surface area contributed by atoms with Gasteiger partial charge in [0.15, 0.2) is 0 Å². The summed E-state index contributed by atoms with van der Waals surface area (Å²) in [4.78, 5) is 4.23. The summed E-state index contributed by atoms with van der Waals surface area (Å²) in [7, 11) is 0. The molecule has 16 heavy (non-hydrogen) atoms. The maximum absolute atomic E-state index is 5.20. The first-order valence-electron chi connectivity index (χ1n) is 5.37. The van der Waals surface area contributed by atoms with Gasteiger partial charge in [0.2, 0.25) is 0 Å². The smallest absolute Gasteiger partial charge is 0.0346 e. The van der Waals surface area contributed by atoms with E-state index in [2.05, 4.69) is 28.4 Å². The van der Waals surface area contributed by atoms with Gasteiger partial charge in [0.25, 0.3) is 0 Å². The van der Waals surface area contributed by atoms with Crippen molar-refractivity contribution < 1.29 is 0 Å². The van der Waals surface area contributed by atoms with Crippen LogP contribution in [0.3, 0.4) is 0 Å². The lowest BCUT2D eigenvalue weighted by Gasteiger charge is -2.06. The van der Waals surface area contributed by atoms with Gasteiger partial charge in [-0.25, -0.2) is 0 Å². The van der Waals surface area contributed by atoms with Gasteiger partial charge in [0.1, 0.15) is 0 Å². The molecule has 2 aromatic rings. The Morgan fingerprint density at radius 3 is 3.00 bits per heavy atom. The van der Waals surface area contributed by atoms with Crippen LogP contribution < -0.4 is 5.32 Å². The van der Waals surface area contributed by atoms with Crippen molar-refractivity contribution in [1.29, 1.82) is 0 Å². The molecule has 0 amide bonds. The molecule has 80 valence electrons. The van der Waals surface area contributed by atoms with Crippen molar-refractivity contribution in [3.8, 4) is 12.3 Å². The molecule has 2 nitrogen and oxygen atoms in total. The highest BCUT2D eigenvalue weighted by molar-refractivity contribution is 5.84. The van der Waals surface area contributed by atoms with Crippen molar-refractivity contribution in [1.82, 2.24) is 10.3 Å². The van der Waals surface area contributed by atoms with Crippen LogP contribution in [0.5, 0.6) is 0 Å². The highest BCUT2D eigenvalue weighted by Gasteiger charge is 1.99. The molecule has 0 atom stereocenters. The van der Waals surface area contributed by atoms with Crippen LogP contribution in [0, 0.1) is 12.3 Å². The number of hydrogen-bond donors (Lipinski definition) is 1. The molecule has 1 aromatic heterocycles. The molecule has 0 saturated carbocycles. The molecule has 0 spiro atoms. The number of nitrogens with one attached hydrogen (secondary N) is 1. The zero-order chi connectivity index (χ0) is 11.2. The Morgan fingerprint density at radius 1 is 1.25 bits per heavy atom. The number of terminal acetylenes is 1. The summed E-state index contributed by atoms with van der Waals surface area (Å²) in [5.41, 5.74) is 1.22. The first-order chi connectivity index (χ1) is 7.92. The molecule has 1 heterocycles. The Balaban J connectivity index is 2.15. The first-order valence-corrected chi connectivity index (χ1v) is 5.37. The van der Waals surface area contributed by atoms with E-state index in [1.54, 1.807) is 0 Å². The van der Waals surface area contributed by atoms with E-state index in [1.807, 2.05) is 24.5 Å². The minimum atomic E-state index is 0.762. The van der Waals surface area contributed by atoms with Gasteiger partial charge in [-0.05, 0) is 10.9 Å². The Labute approximate surface area is 95.7 Å². The SMILES string of the molecule is C#CCCNCc1cncc2ccccc12. The van der Waals surface area contributed by atoms with E-state index in [0.29, 0.717) is 0 Å². The van der Waals surface area contributed by atoms with Gasteiger partial charge in [-0.3, -0.25) is 4.98 Å². The fourth-order valence-electron chi connectivity index (χ4n) is 1.70. The predicted octanol–water partition coefficient (Wildman–Crippen LogP) is 2.35. The zero-order valence-electron chi connectivity index (χ0n) is 9.11. The molecule has 2 heteroatoms. The molecule has 2 rings (SSSR count). The number of pyridine rings is 1. The van der Waals surface area contributed by atoms with E-state index in [0.717, 1.165) is 19.5 Å².